The van der Waals surface area contributed by atoms with Crippen molar-refractivity contribution in [2.75, 3.05) is 24.7 Å². The maximum Gasteiger partial charge on any atom is 0.175 e. The van der Waals surface area contributed by atoms with E-state index in [4.69, 9.17) is 0 Å². The standard InChI is InChI=1S/C17H22N4O2S/c1-24(22,23)16-5-2-4-14(12-16)13-21-10-7-15(8-11-21)19-17-6-3-9-18-20-17/h2-6,9,12,15H,7-8,10-11,13H2,1H3,(H,19,20). The Kier molecular flexibility index (Phi) is 5.11. The predicted molar refractivity (Wildman–Crippen MR) is 93.5 cm³/mol. The van der Waals surface area contributed by atoms with Gasteiger partial charge in [0, 0.05) is 38.1 Å². The quantitative estimate of drug-likeness (QED) is 0.892. The SMILES string of the molecule is CS(=O)(=O)c1cccc(CN2CCC(Nc3cccnn3)CC2)c1. The average Bonchev–Trinajstić information content (AvgIpc) is 2.57. The molecule has 3 rings (SSSR count). The van der Waals surface area contributed by atoms with Crippen LogP contribution in [0.4, 0.5) is 5.82 Å². The van der Waals surface area contributed by atoms with Gasteiger partial charge in [0.25, 0.3) is 0 Å². The molecule has 1 aromatic heterocycles. The molecule has 1 saturated heterocycles. The Morgan fingerprint density at radius 1 is 1.21 bits per heavy atom. The molecule has 7 heteroatoms. The van der Waals surface area contributed by atoms with Crippen molar-refractivity contribution < 1.29 is 8.42 Å². The molecule has 1 fully saturated rings. The lowest BCUT2D eigenvalue weighted by molar-refractivity contribution is 0.211. The molecule has 0 radical (unpaired) electrons. The van der Waals surface area contributed by atoms with Crippen molar-refractivity contribution in [1.29, 1.82) is 0 Å². The summed E-state index contributed by atoms with van der Waals surface area (Å²) in [5.41, 5.74) is 1.04. The molecule has 1 N–H and O–H groups in total. The number of rotatable bonds is 5. The maximum absolute atomic E-state index is 11.7. The zero-order valence-electron chi connectivity index (χ0n) is 13.7. The number of nitrogens with one attached hydrogen (secondary N) is 1. The fourth-order valence-electron chi connectivity index (χ4n) is 2.96. The van der Waals surface area contributed by atoms with Crippen LogP contribution in [0.3, 0.4) is 0 Å². The monoisotopic (exact) mass is 346 g/mol. The number of hydrogen-bond acceptors (Lipinski definition) is 6. The van der Waals surface area contributed by atoms with Gasteiger partial charge in [-0.3, -0.25) is 4.90 Å². The van der Waals surface area contributed by atoms with Crippen LogP contribution in [0, 0.1) is 0 Å². The van der Waals surface area contributed by atoms with Crippen LogP contribution in [0.1, 0.15) is 18.4 Å². The van der Waals surface area contributed by atoms with Crippen molar-refractivity contribution in [3.8, 4) is 0 Å². The molecular formula is C17H22N4O2S. The average molecular weight is 346 g/mol. The number of piperidine rings is 1. The van der Waals surface area contributed by atoms with Crippen LogP contribution in [0.25, 0.3) is 0 Å². The number of anilines is 1. The Bertz CT molecular complexity index is 772. The summed E-state index contributed by atoms with van der Waals surface area (Å²) in [4.78, 5) is 2.75. The van der Waals surface area contributed by atoms with E-state index in [0.717, 1.165) is 43.9 Å². The highest BCUT2D eigenvalue weighted by molar-refractivity contribution is 7.90. The molecule has 0 spiro atoms. The molecule has 1 aliphatic heterocycles. The van der Waals surface area contributed by atoms with E-state index < -0.39 is 9.84 Å². The zero-order chi connectivity index (χ0) is 17.0. The van der Waals surface area contributed by atoms with Gasteiger partial charge in [-0.25, -0.2) is 8.42 Å². The Morgan fingerprint density at radius 2 is 2.00 bits per heavy atom. The first-order chi connectivity index (χ1) is 11.5. The second-order valence-corrected chi connectivity index (χ2v) is 8.24. The van der Waals surface area contributed by atoms with Crippen LogP contribution in [0.15, 0.2) is 47.5 Å². The van der Waals surface area contributed by atoms with Crippen LogP contribution in [0.2, 0.25) is 0 Å². The third-order valence-electron chi connectivity index (χ3n) is 4.24. The van der Waals surface area contributed by atoms with E-state index in [-0.39, 0.29) is 0 Å². The van der Waals surface area contributed by atoms with Gasteiger partial charge in [-0.1, -0.05) is 12.1 Å². The van der Waals surface area contributed by atoms with Gasteiger partial charge in [0.1, 0.15) is 5.82 Å². The van der Waals surface area contributed by atoms with E-state index >= 15 is 0 Å². The number of benzene rings is 1. The smallest absolute Gasteiger partial charge is 0.175 e. The van der Waals surface area contributed by atoms with Gasteiger partial charge in [0.05, 0.1) is 4.90 Å². The third-order valence-corrected chi connectivity index (χ3v) is 5.35. The number of likely N-dealkylation sites (tertiary alicyclic amines) is 1. The summed E-state index contributed by atoms with van der Waals surface area (Å²) in [5.74, 6) is 0.816. The molecule has 0 atom stereocenters. The van der Waals surface area contributed by atoms with Crippen molar-refractivity contribution in [3.05, 3.63) is 48.2 Å². The van der Waals surface area contributed by atoms with Crippen LogP contribution in [0.5, 0.6) is 0 Å². The lowest BCUT2D eigenvalue weighted by atomic mass is 10.0. The van der Waals surface area contributed by atoms with Crippen molar-refractivity contribution in [2.45, 2.75) is 30.3 Å². The van der Waals surface area contributed by atoms with E-state index in [9.17, 15) is 8.42 Å². The summed E-state index contributed by atoms with van der Waals surface area (Å²) in [6.45, 7) is 2.73. The van der Waals surface area contributed by atoms with Gasteiger partial charge in [0.2, 0.25) is 0 Å². The molecule has 24 heavy (non-hydrogen) atoms. The fraction of sp³-hybridized carbons (Fsp3) is 0.412. The largest absolute Gasteiger partial charge is 0.366 e. The minimum absolute atomic E-state index is 0.388. The molecule has 0 aliphatic carbocycles. The molecule has 6 nitrogen and oxygen atoms in total. The van der Waals surface area contributed by atoms with E-state index in [0.29, 0.717) is 10.9 Å². The second kappa shape index (κ2) is 7.27. The molecular weight excluding hydrogens is 324 g/mol. The number of aromatic nitrogens is 2. The minimum Gasteiger partial charge on any atom is -0.366 e. The predicted octanol–water partition coefficient (Wildman–Crippen LogP) is 1.96. The van der Waals surface area contributed by atoms with Crippen molar-refractivity contribution in [1.82, 2.24) is 15.1 Å². The van der Waals surface area contributed by atoms with E-state index in [1.807, 2.05) is 24.3 Å². The molecule has 2 aromatic rings. The van der Waals surface area contributed by atoms with E-state index in [1.165, 1.54) is 6.26 Å². The first kappa shape index (κ1) is 16.9. The van der Waals surface area contributed by atoms with Gasteiger partial charge in [0.15, 0.2) is 9.84 Å². The summed E-state index contributed by atoms with van der Waals surface area (Å²) in [6.07, 6.45) is 4.97. The van der Waals surface area contributed by atoms with Gasteiger partial charge in [-0.05, 0) is 42.7 Å². The molecule has 0 bridgehead atoms. The Labute approximate surface area is 142 Å². The number of hydrogen-bond donors (Lipinski definition) is 1. The zero-order valence-corrected chi connectivity index (χ0v) is 14.5. The maximum atomic E-state index is 11.7. The third kappa shape index (κ3) is 4.52. The van der Waals surface area contributed by atoms with Crippen LogP contribution in [-0.2, 0) is 16.4 Å². The van der Waals surface area contributed by atoms with Crippen LogP contribution < -0.4 is 5.32 Å². The molecule has 1 aromatic carbocycles. The lowest BCUT2D eigenvalue weighted by Crippen LogP contribution is -2.38. The highest BCUT2D eigenvalue weighted by Crippen LogP contribution is 2.18. The number of sulfone groups is 1. The molecule has 1 aliphatic rings. The van der Waals surface area contributed by atoms with Gasteiger partial charge >= 0.3 is 0 Å². The molecule has 128 valence electrons. The van der Waals surface area contributed by atoms with Crippen molar-refractivity contribution in [3.63, 3.8) is 0 Å². The fourth-order valence-corrected chi connectivity index (χ4v) is 3.65. The Balaban J connectivity index is 1.54. The first-order valence-electron chi connectivity index (χ1n) is 8.06. The van der Waals surface area contributed by atoms with Crippen LogP contribution >= 0.6 is 0 Å². The minimum atomic E-state index is -3.15. The van der Waals surface area contributed by atoms with Crippen LogP contribution in [-0.4, -0.2) is 48.9 Å². The first-order valence-corrected chi connectivity index (χ1v) is 9.95. The highest BCUT2D eigenvalue weighted by atomic mass is 32.2. The van der Waals surface area contributed by atoms with Gasteiger partial charge in [-0.2, -0.15) is 5.10 Å². The second-order valence-electron chi connectivity index (χ2n) is 6.22. The van der Waals surface area contributed by atoms with Gasteiger partial charge < -0.3 is 5.32 Å². The molecule has 0 saturated carbocycles. The summed E-state index contributed by atoms with van der Waals surface area (Å²) in [6, 6.07) is 11.4. The Morgan fingerprint density at radius 3 is 2.67 bits per heavy atom. The highest BCUT2D eigenvalue weighted by Gasteiger charge is 2.19. The Hall–Kier alpha value is -1.99. The normalized spacial score (nSPS) is 16.9. The van der Waals surface area contributed by atoms with Crippen molar-refractivity contribution >= 4 is 15.7 Å². The van der Waals surface area contributed by atoms with E-state index in [2.05, 4.69) is 20.4 Å². The molecule has 0 unspecified atom stereocenters. The lowest BCUT2D eigenvalue weighted by Gasteiger charge is -2.32. The van der Waals surface area contributed by atoms with Gasteiger partial charge in [-0.15, -0.1) is 5.10 Å². The summed E-state index contributed by atoms with van der Waals surface area (Å²) in [7, 11) is -3.15. The molecule has 0 amide bonds. The summed E-state index contributed by atoms with van der Waals surface area (Å²) < 4.78 is 23.3. The van der Waals surface area contributed by atoms with Crippen molar-refractivity contribution in [2.24, 2.45) is 0 Å². The summed E-state index contributed by atoms with van der Waals surface area (Å²) in [5, 5.41) is 11.4. The topological polar surface area (TPSA) is 75.2 Å². The van der Waals surface area contributed by atoms with E-state index in [1.54, 1.807) is 18.3 Å². The molecule has 2 heterocycles. The number of nitrogens with zero attached hydrogens (tertiary/aromatic N) is 3. The summed E-state index contributed by atoms with van der Waals surface area (Å²) >= 11 is 0.